The summed E-state index contributed by atoms with van der Waals surface area (Å²) < 4.78 is 37.8. The number of rotatable bonds is 7. The van der Waals surface area contributed by atoms with Crippen molar-refractivity contribution in [2.24, 2.45) is 13.0 Å². The number of halogens is 1. The molecule has 1 aromatic heterocycles. The van der Waals surface area contributed by atoms with Gasteiger partial charge >= 0.3 is 0 Å². The van der Waals surface area contributed by atoms with Crippen LogP contribution in [0.25, 0.3) is 5.69 Å². The minimum atomic E-state index is -4.34. The van der Waals surface area contributed by atoms with Crippen molar-refractivity contribution >= 4 is 33.2 Å². The lowest BCUT2D eigenvalue weighted by molar-refractivity contribution is 0.0513. The molecule has 1 aliphatic heterocycles. The Morgan fingerprint density at radius 2 is 1.70 bits per heavy atom. The van der Waals surface area contributed by atoms with E-state index in [-0.39, 0.29) is 33.1 Å². The highest BCUT2D eigenvalue weighted by Gasteiger charge is 2.37. The number of amides is 1. The van der Waals surface area contributed by atoms with Crippen LogP contribution in [0.4, 0.5) is 5.69 Å². The molecule has 1 amide bonds. The Labute approximate surface area is 275 Å². The SMILES string of the molecule is COc1ccc2c(c1)CN(C(=O)c1ccc(Cl)c(S(=O)(=O)N(C)c3c(C)n(C)n(-c4ccccc4)c3=O)c1)C(C1CCCCC1)C2. The van der Waals surface area contributed by atoms with Gasteiger partial charge in [-0.1, -0.05) is 55.1 Å². The van der Waals surface area contributed by atoms with Gasteiger partial charge in [-0.05, 0) is 85.7 Å². The molecule has 1 unspecified atom stereocenters. The van der Waals surface area contributed by atoms with Crippen molar-refractivity contribution in [1.82, 2.24) is 14.3 Å². The Morgan fingerprint density at radius 1 is 0.978 bits per heavy atom. The molecule has 1 aliphatic carbocycles. The van der Waals surface area contributed by atoms with E-state index in [2.05, 4.69) is 6.07 Å². The zero-order valence-corrected chi connectivity index (χ0v) is 28.1. The number of ether oxygens (including phenoxy) is 1. The first kappa shape index (κ1) is 31.9. The number of para-hydroxylation sites is 1. The minimum Gasteiger partial charge on any atom is -0.497 e. The van der Waals surface area contributed by atoms with Crippen molar-refractivity contribution in [3.05, 3.63) is 104 Å². The smallest absolute Gasteiger partial charge is 0.296 e. The fourth-order valence-electron chi connectivity index (χ4n) is 7.06. The number of aromatic nitrogens is 2. The van der Waals surface area contributed by atoms with E-state index in [0.29, 0.717) is 23.8 Å². The Bertz CT molecular complexity index is 1950. The molecule has 46 heavy (non-hydrogen) atoms. The summed E-state index contributed by atoms with van der Waals surface area (Å²) in [6, 6.07) is 19.4. The van der Waals surface area contributed by atoms with Crippen LogP contribution in [0.5, 0.6) is 5.75 Å². The standard InChI is InChI=1S/C35H39ClN4O5S/c1-23-33(35(42)40(37(23)2)28-13-9-6-10-14-28)38(3)46(43,44)32-21-26(16-18-30(32)36)34(41)39-22-27-19-29(45-4)17-15-25(27)20-31(39)24-11-7-5-8-12-24/h6,9-10,13-19,21,24,31H,5,7-8,11-12,20,22H2,1-4H3. The quantitative estimate of drug-likeness (QED) is 0.238. The number of hydrogen-bond donors (Lipinski definition) is 0. The van der Waals surface area contributed by atoms with E-state index in [0.717, 1.165) is 47.7 Å². The normalized spacial score (nSPS) is 17.1. The van der Waals surface area contributed by atoms with E-state index in [4.69, 9.17) is 16.3 Å². The third kappa shape index (κ3) is 5.62. The van der Waals surface area contributed by atoms with Crippen molar-refractivity contribution < 1.29 is 17.9 Å². The maximum absolute atomic E-state index is 14.3. The van der Waals surface area contributed by atoms with Crippen LogP contribution in [0.3, 0.4) is 0 Å². The molecule has 0 N–H and O–H groups in total. The molecule has 2 aliphatic rings. The summed E-state index contributed by atoms with van der Waals surface area (Å²) in [5.74, 6) is 0.845. The Balaban J connectivity index is 1.37. The van der Waals surface area contributed by atoms with E-state index in [1.165, 1.54) is 35.8 Å². The van der Waals surface area contributed by atoms with E-state index in [1.807, 2.05) is 35.2 Å². The number of carbonyl (C=O) groups excluding carboxylic acids is 1. The molecule has 11 heteroatoms. The van der Waals surface area contributed by atoms with Crippen LogP contribution in [-0.2, 0) is 30.0 Å². The van der Waals surface area contributed by atoms with E-state index < -0.39 is 15.6 Å². The van der Waals surface area contributed by atoms with Gasteiger partial charge in [0.2, 0.25) is 0 Å². The van der Waals surface area contributed by atoms with Gasteiger partial charge in [0.1, 0.15) is 16.3 Å². The van der Waals surface area contributed by atoms with E-state index in [9.17, 15) is 18.0 Å². The summed E-state index contributed by atoms with van der Waals surface area (Å²) in [5.41, 5.74) is 3.04. The second-order valence-electron chi connectivity index (χ2n) is 12.3. The van der Waals surface area contributed by atoms with Crippen LogP contribution in [0.2, 0.25) is 5.02 Å². The van der Waals surface area contributed by atoms with E-state index >= 15 is 0 Å². The van der Waals surface area contributed by atoms with Crippen molar-refractivity contribution in [3.8, 4) is 11.4 Å². The number of nitrogens with zero attached hydrogens (tertiary/aromatic N) is 4. The van der Waals surface area contributed by atoms with E-state index in [1.54, 1.807) is 44.0 Å². The molecule has 0 spiro atoms. The Morgan fingerprint density at radius 3 is 2.39 bits per heavy atom. The summed E-state index contributed by atoms with van der Waals surface area (Å²) in [5, 5.41) is -0.0297. The molecule has 0 radical (unpaired) electrons. The van der Waals surface area contributed by atoms with Crippen LogP contribution >= 0.6 is 11.6 Å². The van der Waals surface area contributed by atoms with Crippen LogP contribution in [0.15, 0.2) is 76.4 Å². The van der Waals surface area contributed by atoms with Crippen molar-refractivity contribution in [2.45, 2.75) is 62.9 Å². The lowest BCUT2D eigenvalue weighted by atomic mass is 9.78. The van der Waals surface area contributed by atoms with Crippen molar-refractivity contribution in [3.63, 3.8) is 0 Å². The van der Waals surface area contributed by atoms with Crippen LogP contribution in [0.1, 0.15) is 59.3 Å². The maximum Gasteiger partial charge on any atom is 0.296 e. The van der Waals surface area contributed by atoms with Gasteiger partial charge in [-0.2, -0.15) is 0 Å². The van der Waals surface area contributed by atoms with Crippen molar-refractivity contribution in [2.75, 3.05) is 18.5 Å². The lowest BCUT2D eigenvalue weighted by Crippen LogP contribution is -2.48. The summed E-state index contributed by atoms with van der Waals surface area (Å²) in [6.45, 7) is 2.09. The number of methoxy groups -OCH3 is 1. The first-order valence-corrected chi connectivity index (χ1v) is 17.4. The third-order valence-corrected chi connectivity index (χ3v) is 11.9. The first-order chi connectivity index (χ1) is 22.0. The van der Waals surface area contributed by atoms with Crippen LogP contribution in [0, 0.1) is 12.8 Å². The summed E-state index contributed by atoms with van der Waals surface area (Å²) in [6.07, 6.45) is 6.33. The molecule has 0 bridgehead atoms. The van der Waals surface area contributed by atoms with Crippen LogP contribution < -0.4 is 14.6 Å². The highest BCUT2D eigenvalue weighted by Crippen LogP contribution is 2.37. The number of benzene rings is 3. The highest BCUT2D eigenvalue weighted by atomic mass is 35.5. The van der Waals surface area contributed by atoms with Gasteiger partial charge in [-0.15, -0.1) is 0 Å². The fourth-order valence-corrected chi connectivity index (χ4v) is 8.80. The second-order valence-corrected chi connectivity index (χ2v) is 14.6. The molecule has 1 atom stereocenters. The average molecular weight is 663 g/mol. The number of carbonyl (C=O) groups is 1. The van der Waals surface area contributed by atoms with Gasteiger partial charge < -0.3 is 9.64 Å². The third-order valence-electron chi connectivity index (χ3n) is 9.69. The number of anilines is 1. The summed E-state index contributed by atoms with van der Waals surface area (Å²) in [4.78, 5) is 29.7. The van der Waals surface area contributed by atoms with Gasteiger partial charge in [0.25, 0.3) is 21.5 Å². The zero-order chi connectivity index (χ0) is 32.7. The largest absolute Gasteiger partial charge is 0.497 e. The molecule has 0 saturated heterocycles. The molecule has 9 nitrogen and oxygen atoms in total. The second kappa shape index (κ2) is 12.6. The molecular formula is C35H39ClN4O5S. The molecule has 1 fully saturated rings. The molecule has 4 aromatic rings. The average Bonchev–Trinajstić information content (AvgIpc) is 3.30. The highest BCUT2D eigenvalue weighted by molar-refractivity contribution is 7.93. The van der Waals surface area contributed by atoms with Gasteiger partial charge in [-0.25, -0.2) is 13.1 Å². The molecule has 1 saturated carbocycles. The number of hydrogen-bond acceptors (Lipinski definition) is 5. The topological polar surface area (TPSA) is 93.8 Å². The minimum absolute atomic E-state index is 0.00176. The number of sulfonamides is 1. The van der Waals surface area contributed by atoms with Gasteiger partial charge in [-0.3, -0.25) is 18.6 Å². The lowest BCUT2D eigenvalue weighted by Gasteiger charge is -2.43. The Kier molecular flexibility index (Phi) is 8.78. The van der Waals surface area contributed by atoms with Gasteiger partial charge in [0, 0.05) is 32.2 Å². The fraction of sp³-hybridized carbons (Fsp3) is 0.371. The molecular weight excluding hydrogens is 624 g/mol. The predicted molar refractivity (Wildman–Crippen MR) is 180 cm³/mol. The maximum atomic E-state index is 14.3. The first-order valence-electron chi connectivity index (χ1n) is 15.6. The molecule has 3 aromatic carbocycles. The zero-order valence-electron chi connectivity index (χ0n) is 26.6. The summed E-state index contributed by atoms with van der Waals surface area (Å²) >= 11 is 6.53. The monoisotopic (exact) mass is 662 g/mol. The van der Waals surface area contributed by atoms with Crippen molar-refractivity contribution in [1.29, 1.82) is 0 Å². The van der Waals surface area contributed by atoms with Gasteiger partial charge in [0.05, 0.1) is 23.5 Å². The number of fused-ring (bicyclic) bond motifs is 1. The molecule has 6 rings (SSSR count). The summed E-state index contributed by atoms with van der Waals surface area (Å²) in [7, 11) is 0.324. The molecule has 2 heterocycles. The molecule has 242 valence electrons. The predicted octanol–water partition coefficient (Wildman–Crippen LogP) is 6.12. The van der Waals surface area contributed by atoms with Gasteiger partial charge in [0.15, 0.2) is 0 Å². The Hall–Kier alpha value is -4.02. The van der Waals surface area contributed by atoms with Crippen LogP contribution in [-0.4, -0.2) is 48.8 Å².